The Hall–Kier alpha value is -2.27. The molecule has 1 aromatic heterocycles. The second-order valence-corrected chi connectivity index (χ2v) is 10.7. The van der Waals surface area contributed by atoms with E-state index >= 15 is 0 Å². The number of carbonyl (C=O) groups is 2. The Labute approximate surface area is 189 Å². The van der Waals surface area contributed by atoms with Gasteiger partial charge in [0.1, 0.15) is 0 Å². The minimum Gasteiger partial charge on any atom is -0.369 e. The summed E-state index contributed by atoms with van der Waals surface area (Å²) in [6, 6.07) is 3.70. The van der Waals surface area contributed by atoms with Crippen LogP contribution in [0.25, 0.3) is 5.69 Å². The number of halogens is 1. The molecule has 0 spiro atoms. The number of anilines is 1. The van der Waals surface area contributed by atoms with Gasteiger partial charge < -0.3 is 15.2 Å². The molecule has 1 aliphatic heterocycles. The second-order valence-electron chi connectivity index (χ2n) is 10.3. The van der Waals surface area contributed by atoms with Crippen molar-refractivity contribution >= 4 is 29.0 Å². The number of Topliss-reactive ketones (excluding diaryl/α,β-unsaturated/α-hetero) is 1. The van der Waals surface area contributed by atoms with E-state index in [1.807, 2.05) is 12.1 Å². The summed E-state index contributed by atoms with van der Waals surface area (Å²) < 4.78 is 2.25. The van der Waals surface area contributed by atoms with Crippen LogP contribution in [0, 0.1) is 18.3 Å². The lowest BCUT2D eigenvalue weighted by molar-refractivity contribution is 0.0909. The number of hydrogen-bond acceptors (Lipinski definition) is 3. The zero-order valence-corrected chi connectivity index (χ0v) is 19.9. The smallest absolute Gasteiger partial charge is 0.250 e. The van der Waals surface area contributed by atoms with E-state index in [9.17, 15) is 9.59 Å². The summed E-state index contributed by atoms with van der Waals surface area (Å²) in [6.45, 7) is 12.5. The minimum atomic E-state index is -0.525. The first-order valence-electron chi connectivity index (χ1n) is 11.1. The first-order valence-corrected chi connectivity index (χ1v) is 11.5. The average Bonchev–Trinajstić information content (AvgIpc) is 2.82. The molecule has 31 heavy (non-hydrogen) atoms. The fourth-order valence-corrected chi connectivity index (χ4v) is 5.40. The highest BCUT2D eigenvalue weighted by Gasteiger charge is 2.38. The second kappa shape index (κ2) is 7.70. The number of nitrogens with two attached hydrogens (primary N) is 1. The molecule has 166 valence electrons. The highest BCUT2D eigenvalue weighted by molar-refractivity contribution is 6.34. The fourth-order valence-electron chi connectivity index (χ4n) is 5.15. The maximum Gasteiger partial charge on any atom is 0.250 e. The van der Waals surface area contributed by atoms with Crippen LogP contribution in [0.1, 0.15) is 78.2 Å². The van der Waals surface area contributed by atoms with Crippen molar-refractivity contribution in [1.29, 1.82) is 0 Å². The molecule has 0 unspecified atom stereocenters. The largest absolute Gasteiger partial charge is 0.369 e. The lowest BCUT2D eigenvalue weighted by atomic mass is 9.75. The zero-order valence-electron chi connectivity index (χ0n) is 19.1. The van der Waals surface area contributed by atoms with Gasteiger partial charge in [-0.25, -0.2) is 0 Å². The number of hydrogen-bond donors (Lipinski definition) is 1. The number of aromatic nitrogens is 1. The number of nitrogens with zero attached hydrogens (tertiary/aromatic N) is 2. The lowest BCUT2D eigenvalue weighted by Gasteiger charge is -2.31. The SMILES string of the molecule is Cc1c2c(n3c1CCN(CCC(C)C)c1cc(C(N)=O)c(Cl)cc1-3)CC(C)(C)CC2=O. The van der Waals surface area contributed by atoms with Crippen molar-refractivity contribution in [3.63, 3.8) is 0 Å². The molecule has 0 saturated heterocycles. The van der Waals surface area contributed by atoms with Crippen LogP contribution in [-0.2, 0) is 12.8 Å². The molecule has 0 bridgehead atoms. The molecular formula is C25H32ClN3O2. The van der Waals surface area contributed by atoms with E-state index < -0.39 is 5.91 Å². The van der Waals surface area contributed by atoms with Gasteiger partial charge in [0.25, 0.3) is 0 Å². The van der Waals surface area contributed by atoms with E-state index in [0.29, 0.717) is 22.9 Å². The van der Waals surface area contributed by atoms with Crippen molar-refractivity contribution in [2.75, 3.05) is 18.0 Å². The summed E-state index contributed by atoms with van der Waals surface area (Å²) in [4.78, 5) is 27.5. The zero-order chi connectivity index (χ0) is 22.7. The van der Waals surface area contributed by atoms with Crippen molar-refractivity contribution in [2.24, 2.45) is 17.1 Å². The minimum absolute atomic E-state index is 0.0909. The highest BCUT2D eigenvalue weighted by atomic mass is 35.5. The van der Waals surface area contributed by atoms with Gasteiger partial charge in [-0.3, -0.25) is 9.59 Å². The molecule has 4 rings (SSSR count). The Morgan fingerprint density at radius 1 is 1.19 bits per heavy atom. The van der Waals surface area contributed by atoms with Crippen molar-refractivity contribution in [3.05, 3.63) is 45.2 Å². The third-order valence-corrected chi connectivity index (χ3v) is 7.02. The van der Waals surface area contributed by atoms with E-state index in [2.05, 4.69) is 44.1 Å². The molecule has 1 amide bonds. The summed E-state index contributed by atoms with van der Waals surface area (Å²) in [5.74, 6) is 0.270. The molecule has 5 nitrogen and oxygen atoms in total. The number of fused-ring (bicyclic) bond motifs is 5. The number of amides is 1. The topological polar surface area (TPSA) is 68.3 Å². The molecule has 2 N–H and O–H groups in total. The maximum atomic E-state index is 13.1. The summed E-state index contributed by atoms with van der Waals surface area (Å²) >= 11 is 6.53. The standard InChI is InChI=1S/C25H32ClN3O2/c1-14(2)6-8-28-9-7-18-15(3)23-21(12-25(4,5)13-22(23)30)29(18)20-11-17(26)16(24(27)31)10-19(20)28/h10-11,14H,6-9,12-13H2,1-5H3,(H2,27,31). The van der Waals surface area contributed by atoms with Crippen molar-refractivity contribution in [3.8, 4) is 5.69 Å². The van der Waals surface area contributed by atoms with E-state index in [1.165, 1.54) is 5.69 Å². The van der Waals surface area contributed by atoms with Crippen LogP contribution >= 0.6 is 11.6 Å². The van der Waals surface area contributed by atoms with Crippen LogP contribution in [0.5, 0.6) is 0 Å². The summed E-state index contributed by atoms with van der Waals surface area (Å²) in [5.41, 5.74) is 12.0. The van der Waals surface area contributed by atoms with Crippen LogP contribution < -0.4 is 10.6 Å². The normalized spacial score (nSPS) is 17.3. The van der Waals surface area contributed by atoms with Crippen LogP contribution in [0.4, 0.5) is 5.69 Å². The Morgan fingerprint density at radius 3 is 2.55 bits per heavy atom. The van der Waals surface area contributed by atoms with Crippen molar-refractivity contribution in [1.82, 2.24) is 4.57 Å². The quantitative estimate of drug-likeness (QED) is 0.717. The van der Waals surface area contributed by atoms with Crippen molar-refractivity contribution < 1.29 is 9.59 Å². The molecule has 0 atom stereocenters. The molecular weight excluding hydrogens is 410 g/mol. The number of ketones is 1. The van der Waals surface area contributed by atoms with E-state index in [4.69, 9.17) is 17.3 Å². The van der Waals surface area contributed by atoms with Crippen LogP contribution in [0.15, 0.2) is 12.1 Å². The molecule has 2 aliphatic rings. The predicted molar refractivity (Wildman–Crippen MR) is 126 cm³/mol. The summed E-state index contributed by atoms with van der Waals surface area (Å²) in [5, 5.41) is 0.351. The van der Waals surface area contributed by atoms with Crippen LogP contribution in [-0.4, -0.2) is 29.3 Å². The van der Waals surface area contributed by atoms with Gasteiger partial charge in [-0.2, -0.15) is 0 Å². The maximum absolute atomic E-state index is 13.1. The predicted octanol–water partition coefficient (Wildman–Crippen LogP) is 5.10. The third kappa shape index (κ3) is 3.78. The third-order valence-electron chi connectivity index (χ3n) is 6.71. The lowest BCUT2D eigenvalue weighted by Crippen LogP contribution is -2.29. The van der Waals surface area contributed by atoms with Gasteiger partial charge in [0, 0.05) is 42.9 Å². The molecule has 2 aromatic rings. The molecule has 0 saturated carbocycles. The summed E-state index contributed by atoms with van der Waals surface area (Å²) in [6.07, 6.45) is 3.28. The first-order chi connectivity index (χ1) is 14.5. The Bertz CT molecular complexity index is 1080. The first kappa shape index (κ1) is 21.9. The van der Waals surface area contributed by atoms with E-state index in [-0.39, 0.29) is 11.2 Å². The van der Waals surface area contributed by atoms with E-state index in [1.54, 1.807) is 0 Å². The monoisotopic (exact) mass is 441 g/mol. The number of carbonyl (C=O) groups excluding carboxylic acids is 2. The van der Waals surface area contributed by atoms with Gasteiger partial charge in [0.2, 0.25) is 5.91 Å². The average molecular weight is 442 g/mol. The van der Waals surface area contributed by atoms with Gasteiger partial charge in [0.15, 0.2) is 5.78 Å². The molecule has 2 heterocycles. The number of primary amides is 1. The van der Waals surface area contributed by atoms with Crippen LogP contribution in [0.3, 0.4) is 0 Å². The molecule has 1 aliphatic carbocycles. The molecule has 0 fully saturated rings. The molecule has 6 heteroatoms. The summed E-state index contributed by atoms with van der Waals surface area (Å²) in [7, 11) is 0. The van der Waals surface area contributed by atoms with Crippen LogP contribution in [0.2, 0.25) is 5.02 Å². The van der Waals surface area contributed by atoms with Gasteiger partial charge >= 0.3 is 0 Å². The Morgan fingerprint density at radius 2 is 1.90 bits per heavy atom. The van der Waals surface area contributed by atoms with Gasteiger partial charge in [-0.1, -0.05) is 39.3 Å². The van der Waals surface area contributed by atoms with Gasteiger partial charge in [0.05, 0.1) is 22.0 Å². The van der Waals surface area contributed by atoms with Crippen molar-refractivity contribution in [2.45, 2.75) is 60.3 Å². The molecule has 0 radical (unpaired) electrons. The van der Waals surface area contributed by atoms with Gasteiger partial charge in [-0.15, -0.1) is 0 Å². The molecule has 1 aromatic carbocycles. The highest BCUT2D eigenvalue weighted by Crippen LogP contribution is 2.43. The number of rotatable bonds is 4. The Kier molecular flexibility index (Phi) is 5.45. The number of benzene rings is 1. The van der Waals surface area contributed by atoms with Gasteiger partial charge in [-0.05, 0) is 48.8 Å². The fraction of sp³-hybridized carbons (Fsp3) is 0.520. The Balaban J connectivity index is 1.98. The van der Waals surface area contributed by atoms with E-state index in [0.717, 1.165) is 60.5 Å².